The SMILES string of the molecule is OC(Cc1sccc1Br)C1CCCCC1C(F)(F)F. The van der Waals surface area contributed by atoms with E-state index < -0.39 is 24.1 Å². The minimum atomic E-state index is -4.20. The summed E-state index contributed by atoms with van der Waals surface area (Å²) >= 11 is 4.81. The van der Waals surface area contributed by atoms with Gasteiger partial charge in [-0.2, -0.15) is 13.2 Å². The first-order valence-corrected chi connectivity index (χ1v) is 8.03. The number of aliphatic hydroxyl groups is 1. The Labute approximate surface area is 123 Å². The summed E-state index contributed by atoms with van der Waals surface area (Å²) in [5, 5.41) is 12.1. The Morgan fingerprint density at radius 1 is 1.37 bits per heavy atom. The number of rotatable bonds is 3. The molecule has 108 valence electrons. The number of halogens is 4. The van der Waals surface area contributed by atoms with Crippen LogP contribution in [0, 0.1) is 11.8 Å². The van der Waals surface area contributed by atoms with Crippen LogP contribution >= 0.6 is 27.3 Å². The average Bonchev–Trinajstić information content (AvgIpc) is 2.74. The number of thiophene rings is 1. The molecule has 2 rings (SSSR count). The van der Waals surface area contributed by atoms with Gasteiger partial charge in [-0.25, -0.2) is 0 Å². The van der Waals surface area contributed by atoms with Crippen molar-refractivity contribution in [1.29, 1.82) is 0 Å². The van der Waals surface area contributed by atoms with Crippen LogP contribution < -0.4 is 0 Å². The highest BCUT2D eigenvalue weighted by atomic mass is 79.9. The van der Waals surface area contributed by atoms with Gasteiger partial charge in [-0.3, -0.25) is 0 Å². The lowest BCUT2D eigenvalue weighted by atomic mass is 9.75. The van der Waals surface area contributed by atoms with Crippen LogP contribution in [0.25, 0.3) is 0 Å². The van der Waals surface area contributed by atoms with Crippen LogP contribution in [0.15, 0.2) is 15.9 Å². The van der Waals surface area contributed by atoms with Crippen molar-refractivity contribution < 1.29 is 18.3 Å². The molecule has 19 heavy (non-hydrogen) atoms. The lowest BCUT2D eigenvalue weighted by Gasteiger charge is -2.35. The molecule has 1 fully saturated rings. The zero-order valence-electron chi connectivity index (χ0n) is 10.3. The average molecular weight is 357 g/mol. The van der Waals surface area contributed by atoms with E-state index in [9.17, 15) is 18.3 Å². The van der Waals surface area contributed by atoms with Crippen LogP contribution in [0.5, 0.6) is 0 Å². The smallest absolute Gasteiger partial charge is 0.392 e. The van der Waals surface area contributed by atoms with Crippen molar-refractivity contribution >= 4 is 27.3 Å². The van der Waals surface area contributed by atoms with Gasteiger partial charge in [0.2, 0.25) is 0 Å². The highest BCUT2D eigenvalue weighted by Gasteiger charge is 2.47. The molecular formula is C13H16BrF3OS. The van der Waals surface area contributed by atoms with Crippen LogP contribution in [0.4, 0.5) is 13.2 Å². The lowest BCUT2D eigenvalue weighted by molar-refractivity contribution is -0.206. The first kappa shape index (κ1) is 15.3. The van der Waals surface area contributed by atoms with Crippen LogP contribution in [0.2, 0.25) is 0 Å². The third-order valence-electron chi connectivity index (χ3n) is 3.82. The maximum atomic E-state index is 13.0. The molecule has 0 amide bonds. The van der Waals surface area contributed by atoms with E-state index in [-0.39, 0.29) is 6.42 Å². The van der Waals surface area contributed by atoms with Crippen molar-refractivity contribution in [1.82, 2.24) is 0 Å². The molecule has 0 aromatic carbocycles. The molecule has 1 aromatic heterocycles. The summed E-state index contributed by atoms with van der Waals surface area (Å²) in [5.41, 5.74) is 0. The Hall–Kier alpha value is -0.0700. The maximum absolute atomic E-state index is 13.0. The molecular weight excluding hydrogens is 341 g/mol. The highest BCUT2D eigenvalue weighted by Crippen LogP contribution is 2.43. The molecule has 1 N–H and O–H groups in total. The Kier molecular flexibility index (Phi) is 4.95. The molecule has 1 saturated carbocycles. The van der Waals surface area contributed by atoms with Gasteiger partial charge in [-0.05, 0) is 46.1 Å². The summed E-state index contributed by atoms with van der Waals surface area (Å²) in [7, 11) is 0. The Morgan fingerprint density at radius 2 is 2.05 bits per heavy atom. The van der Waals surface area contributed by atoms with Gasteiger partial charge < -0.3 is 5.11 Å². The van der Waals surface area contributed by atoms with Crippen LogP contribution in [0.1, 0.15) is 30.6 Å². The van der Waals surface area contributed by atoms with Crippen molar-refractivity contribution in [2.75, 3.05) is 0 Å². The van der Waals surface area contributed by atoms with Crippen LogP contribution in [0.3, 0.4) is 0 Å². The largest absolute Gasteiger partial charge is 0.392 e. The Morgan fingerprint density at radius 3 is 2.63 bits per heavy atom. The Bertz CT molecular complexity index is 418. The second-order valence-corrected chi connectivity index (χ2v) is 6.91. The van der Waals surface area contributed by atoms with Gasteiger partial charge in [0.15, 0.2) is 0 Å². The van der Waals surface area contributed by atoms with Crippen molar-refractivity contribution in [3.8, 4) is 0 Å². The van der Waals surface area contributed by atoms with Crippen LogP contribution in [-0.2, 0) is 6.42 Å². The molecule has 1 aromatic rings. The third kappa shape index (κ3) is 3.73. The summed E-state index contributed by atoms with van der Waals surface area (Å²) in [4.78, 5) is 0.916. The van der Waals surface area contributed by atoms with Crippen LogP contribution in [-0.4, -0.2) is 17.4 Å². The zero-order chi connectivity index (χ0) is 14.0. The summed E-state index contributed by atoms with van der Waals surface area (Å²) in [5.74, 6) is -2.02. The summed E-state index contributed by atoms with van der Waals surface area (Å²) in [6.07, 6.45) is -2.81. The van der Waals surface area contributed by atoms with Crippen molar-refractivity contribution in [3.63, 3.8) is 0 Å². The normalized spacial score (nSPS) is 26.4. The van der Waals surface area contributed by atoms with Gasteiger partial charge >= 0.3 is 6.18 Å². The van der Waals surface area contributed by atoms with Crippen molar-refractivity contribution in [2.24, 2.45) is 11.8 Å². The van der Waals surface area contributed by atoms with Gasteiger partial charge in [0, 0.05) is 15.8 Å². The van der Waals surface area contributed by atoms with Gasteiger partial charge in [-0.15, -0.1) is 11.3 Å². The molecule has 1 heterocycles. The molecule has 0 radical (unpaired) electrons. The molecule has 1 nitrogen and oxygen atoms in total. The van der Waals surface area contributed by atoms with E-state index in [1.54, 1.807) is 0 Å². The number of alkyl halides is 3. The molecule has 6 heteroatoms. The standard InChI is InChI=1S/C13H16BrF3OS/c14-10-5-6-19-12(10)7-11(18)8-3-1-2-4-9(8)13(15,16)17/h5-6,8-9,11,18H,1-4,7H2. The topological polar surface area (TPSA) is 20.2 Å². The molecule has 0 bridgehead atoms. The quantitative estimate of drug-likeness (QED) is 0.825. The minimum absolute atomic E-state index is 0.150. The minimum Gasteiger partial charge on any atom is -0.392 e. The molecule has 1 aliphatic rings. The number of aliphatic hydroxyl groups excluding tert-OH is 1. The molecule has 3 atom stereocenters. The number of hydrogen-bond acceptors (Lipinski definition) is 2. The predicted octanol–water partition coefficient (Wildman–Crippen LogP) is 4.78. The van der Waals surface area contributed by atoms with E-state index in [0.717, 1.165) is 15.8 Å². The van der Waals surface area contributed by atoms with E-state index >= 15 is 0 Å². The first-order chi connectivity index (χ1) is 8.89. The van der Waals surface area contributed by atoms with Gasteiger partial charge in [-0.1, -0.05) is 12.8 Å². The molecule has 1 aliphatic carbocycles. The van der Waals surface area contributed by atoms with Crippen molar-refractivity contribution in [3.05, 3.63) is 20.8 Å². The molecule has 0 spiro atoms. The fourth-order valence-electron chi connectivity index (χ4n) is 2.84. The lowest BCUT2D eigenvalue weighted by Crippen LogP contribution is -2.40. The van der Waals surface area contributed by atoms with Gasteiger partial charge in [0.05, 0.1) is 12.0 Å². The van der Waals surface area contributed by atoms with Crippen molar-refractivity contribution in [2.45, 2.75) is 44.4 Å². The zero-order valence-corrected chi connectivity index (χ0v) is 12.7. The third-order valence-corrected chi connectivity index (χ3v) is 5.77. The fourth-order valence-corrected chi connectivity index (χ4v) is 4.40. The second kappa shape index (κ2) is 6.14. The van der Waals surface area contributed by atoms with E-state index in [0.29, 0.717) is 19.3 Å². The second-order valence-electron chi connectivity index (χ2n) is 5.06. The van der Waals surface area contributed by atoms with Gasteiger partial charge in [0.25, 0.3) is 0 Å². The highest BCUT2D eigenvalue weighted by molar-refractivity contribution is 9.10. The fraction of sp³-hybridized carbons (Fsp3) is 0.692. The summed E-state index contributed by atoms with van der Waals surface area (Å²) in [6.45, 7) is 0. The van der Waals surface area contributed by atoms with E-state index in [1.165, 1.54) is 11.3 Å². The Balaban J connectivity index is 2.07. The van der Waals surface area contributed by atoms with E-state index in [4.69, 9.17) is 0 Å². The maximum Gasteiger partial charge on any atom is 0.392 e. The molecule has 0 aliphatic heterocycles. The predicted molar refractivity (Wildman–Crippen MR) is 73.2 cm³/mol. The van der Waals surface area contributed by atoms with Gasteiger partial charge in [0.1, 0.15) is 0 Å². The summed E-state index contributed by atoms with van der Waals surface area (Å²) < 4.78 is 39.8. The monoisotopic (exact) mass is 356 g/mol. The number of hydrogen-bond donors (Lipinski definition) is 1. The molecule has 3 unspecified atom stereocenters. The first-order valence-electron chi connectivity index (χ1n) is 6.36. The van der Waals surface area contributed by atoms with E-state index in [2.05, 4.69) is 15.9 Å². The van der Waals surface area contributed by atoms with E-state index in [1.807, 2.05) is 11.4 Å². The summed E-state index contributed by atoms with van der Waals surface area (Å²) in [6, 6.07) is 1.86. The molecule has 0 saturated heterocycles.